The van der Waals surface area contributed by atoms with Crippen LogP contribution in [0.15, 0.2) is 71.8 Å². The van der Waals surface area contributed by atoms with E-state index in [-0.39, 0.29) is 5.91 Å². The molecular formula is C22H17ClN4OS. The molecule has 0 aliphatic heterocycles. The molecule has 1 aromatic heterocycles. The zero-order valence-corrected chi connectivity index (χ0v) is 17.1. The molecule has 1 heterocycles. The first-order valence-corrected chi connectivity index (χ1v) is 10.1. The maximum Gasteiger partial charge on any atom is 0.221 e. The van der Waals surface area contributed by atoms with E-state index in [9.17, 15) is 4.79 Å². The normalized spacial score (nSPS) is 11.1. The molecule has 0 saturated carbocycles. The van der Waals surface area contributed by atoms with Crippen LogP contribution in [0.3, 0.4) is 0 Å². The molecule has 0 radical (unpaired) electrons. The molecular weight excluding hydrogens is 404 g/mol. The fraction of sp³-hybridized carbons (Fsp3) is 0.0455. The van der Waals surface area contributed by atoms with Crippen molar-refractivity contribution in [1.82, 2.24) is 4.98 Å². The van der Waals surface area contributed by atoms with Gasteiger partial charge in [-0.25, -0.2) is 4.98 Å². The Kier molecular flexibility index (Phi) is 5.55. The smallest absolute Gasteiger partial charge is 0.221 e. The van der Waals surface area contributed by atoms with Crippen LogP contribution in [0.5, 0.6) is 0 Å². The Hall–Kier alpha value is -3.22. The summed E-state index contributed by atoms with van der Waals surface area (Å²) in [6.45, 7) is 1.47. The fourth-order valence-corrected chi connectivity index (χ4v) is 3.95. The van der Waals surface area contributed by atoms with Gasteiger partial charge in [0.05, 0.1) is 6.21 Å². The number of aromatic nitrogens is 1. The van der Waals surface area contributed by atoms with Crippen molar-refractivity contribution < 1.29 is 4.79 Å². The number of amides is 1. The number of carbonyl (C=O) groups is 1. The molecule has 3 aromatic carbocycles. The molecule has 29 heavy (non-hydrogen) atoms. The van der Waals surface area contributed by atoms with Crippen LogP contribution in [-0.4, -0.2) is 17.1 Å². The molecule has 0 aliphatic carbocycles. The molecule has 144 valence electrons. The molecule has 0 bridgehead atoms. The van der Waals surface area contributed by atoms with Crippen LogP contribution >= 0.6 is 22.9 Å². The van der Waals surface area contributed by atoms with Crippen LogP contribution in [0.1, 0.15) is 12.5 Å². The number of halogens is 1. The van der Waals surface area contributed by atoms with E-state index >= 15 is 0 Å². The van der Waals surface area contributed by atoms with Gasteiger partial charge in [0.2, 0.25) is 11.0 Å². The van der Waals surface area contributed by atoms with Gasteiger partial charge in [-0.3, -0.25) is 10.2 Å². The summed E-state index contributed by atoms with van der Waals surface area (Å²) in [5.74, 6) is -0.158. The number of anilines is 2. The largest absolute Gasteiger partial charge is 0.316 e. The van der Waals surface area contributed by atoms with Gasteiger partial charge >= 0.3 is 0 Å². The number of hydrazone groups is 1. The number of carbonyl (C=O) groups excluding carboxylic acids is 1. The number of nitrogens with zero attached hydrogens (tertiary/aromatic N) is 2. The predicted molar refractivity (Wildman–Crippen MR) is 122 cm³/mol. The van der Waals surface area contributed by atoms with Gasteiger partial charge < -0.3 is 5.32 Å². The first kappa shape index (κ1) is 19.1. The third-order valence-electron chi connectivity index (χ3n) is 4.22. The van der Waals surface area contributed by atoms with Gasteiger partial charge in [0.1, 0.15) is 10.7 Å². The van der Waals surface area contributed by atoms with Crippen LogP contribution < -0.4 is 10.7 Å². The van der Waals surface area contributed by atoms with Crippen molar-refractivity contribution >= 4 is 56.0 Å². The topological polar surface area (TPSA) is 66.4 Å². The van der Waals surface area contributed by atoms with E-state index in [1.807, 2.05) is 36.4 Å². The van der Waals surface area contributed by atoms with E-state index in [4.69, 9.17) is 11.6 Å². The third kappa shape index (κ3) is 4.45. The number of hydrogen-bond donors (Lipinski definition) is 2. The van der Waals surface area contributed by atoms with E-state index in [0.29, 0.717) is 20.8 Å². The van der Waals surface area contributed by atoms with Crippen LogP contribution in [0.25, 0.3) is 22.0 Å². The third-order valence-corrected chi connectivity index (χ3v) is 5.35. The summed E-state index contributed by atoms with van der Waals surface area (Å²) in [6, 6.07) is 21.5. The average molecular weight is 421 g/mol. The monoisotopic (exact) mass is 420 g/mol. The van der Waals surface area contributed by atoms with E-state index < -0.39 is 0 Å². The fourth-order valence-electron chi connectivity index (χ4n) is 2.94. The molecule has 1 amide bonds. The van der Waals surface area contributed by atoms with Gasteiger partial charge in [-0.2, -0.15) is 5.10 Å². The highest BCUT2D eigenvalue weighted by molar-refractivity contribution is 7.20. The molecule has 5 nitrogen and oxygen atoms in total. The van der Waals surface area contributed by atoms with Gasteiger partial charge in [-0.15, -0.1) is 0 Å². The number of benzene rings is 3. The van der Waals surface area contributed by atoms with Crippen molar-refractivity contribution in [2.75, 3.05) is 10.7 Å². The lowest BCUT2D eigenvalue weighted by Crippen LogP contribution is -2.05. The van der Waals surface area contributed by atoms with Crippen molar-refractivity contribution in [2.24, 2.45) is 5.10 Å². The Labute approximate surface area is 177 Å². The number of rotatable bonds is 5. The predicted octanol–water partition coefficient (Wildman–Crippen LogP) is 6.02. The molecule has 7 heteroatoms. The van der Waals surface area contributed by atoms with Crippen LogP contribution in [0, 0.1) is 0 Å². The quantitative estimate of drug-likeness (QED) is 0.306. The highest BCUT2D eigenvalue weighted by atomic mass is 35.5. The zero-order valence-electron chi connectivity index (χ0n) is 15.5. The lowest BCUT2D eigenvalue weighted by molar-refractivity contribution is -0.114. The Bertz CT molecular complexity index is 1200. The minimum absolute atomic E-state index is 0.158. The summed E-state index contributed by atoms with van der Waals surface area (Å²) in [7, 11) is 0. The number of nitrogens with one attached hydrogen (secondary N) is 2. The van der Waals surface area contributed by atoms with Crippen molar-refractivity contribution in [1.29, 1.82) is 0 Å². The van der Waals surface area contributed by atoms with Crippen molar-refractivity contribution in [3.05, 3.63) is 77.3 Å². The van der Waals surface area contributed by atoms with E-state index in [1.165, 1.54) is 18.3 Å². The first-order valence-electron chi connectivity index (χ1n) is 8.91. The summed E-state index contributed by atoms with van der Waals surface area (Å²) in [5, 5.41) is 11.3. The standard InChI is InChI=1S/C22H17ClN4OS/c1-14(28)25-21-20(16-9-11-18(23)12-10-16)26-22(29-21)27-24-13-17-7-4-6-15-5-2-3-8-19(15)17/h2-13H,1H3,(H,25,28)(H,26,27). The Morgan fingerprint density at radius 1 is 1.07 bits per heavy atom. The highest BCUT2D eigenvalue weighted by Crippen LogP contribution is 2.36. The van der Waals surface area contributed by atoms with Crippen molar-refractivity contribution in [2.45, 2.75) is 6.92 Å². The molecule has 4 rings (SSSR count). The van der Waals surface area contributed by atoms with Gasteiger partial charge in [-0.05, 0) is 22.9 Å². The Morgan fingerprint density at radius 2 is 1.83 bits per heavy atom. The molecule has 0 fully saturated rings. The summed E-state index contributed by atoms with van der Waals surface area (Å²) in [6.07, 6.45) is 1.77. The van der Waals surface area contributed by atoms with Gasteiger partial charge in [0.25, 0.3) is 0 Å². The second-order valence-electron chi connectivity index (χ2n) is 6.32. The Balaban J connectivity index is 1.60. The van der Waals surface area contributed by atoms with E-state index in [1.54, 1.807) is 18.3 Å². The molecule has 0 saturated heterocycles. The second kappa shape index (κ2) is 8.43. The Morgan fingerprint density at radius 3 is 2.62 bits per heavy atom. The zero-order chi connectivity index (χ0) is 20.2. The summed E-state index contributed by atoms with van der Waals surface area (Å²) >= 11 is 7.30. The lowest BCUT2D eigenvalue weighted by Gasteiger charge is -2.02. The summed E-state index contributed by atoms with van der Waals surface area (Å²) < 4.78 is 0. The molecule has 2 N–H and O–H groups in total. The van der Waals surface area contributed by atoms with E-state index in [2.05, 4.69) is 39.0 Å². The SMILES string of the molecule is CC(=O)Nc1sc(NN=Cc2cccc3ccccc23)nc1-c1ccc(Cl)cc1. The van der Waals surface area contributed by atoms with Crippen molar-refractivity contribution in [3.8, 4) is 11.3 Å². The minimum Gasteiger partial charge on any atom is -0.316 e. The molecule has 0 unspecified atom stereocenters. The summed E-state index contributed by atoms with van der Waals surface area (Å²) in [4.78, 5) is 16.2. The second-order valence-corrected chi connectivity index (χ2v) is 7.76. The maximum atomic E-state index is 11.6. The molecule has 0 aliphatic rings. The number of fused-ring (bicyclic) bond motifs is 1. The van der Waals surface area contributed by atoms with Crippen molar-refractivity contribution in [3.63, 3.8) is 0 Å². The molecule has 4 aromatic rings. The van der Waals surface area contributed by atoms with E-state index in [0.717, 1.165) is 21.9 Å². The molecule has 0 atom stereocenters. The van der Waals surface area contributed by atoms with Gasteiger partial charge in [-0.1, -0.05) is 77.5 Å². The van der Waals surface area contributed by atoms with Crippen LogP contribution in [0.2, 0.25) is 5.02 Å². The van der Waals surface area contributed by atoms with Crippen LogP contribution in [-0.2, 0) is 4.79 Å². The number of hydrogen-bond acceptors (Lipinski definition) is 5. The first-order chi connectivity index (χ1) is 14.1. The average Bonchev–Trinajstić information content (AvgIpc) is 3.10. The minimum atomic E-state index is -0.158. The molecule has 0 spiro atoms. The summed E-state index contributed by atoms with van der Waals surface area (Å²) in [5.41, 5.74) is 5.51. The maximum absolute atomic E-state index is 11.6. The van der Waals surface area contributed by atoms with Gasteiger partial charge in [0.15, 0.2) is 0 Å². The number of thiazole rings is 1. The lowest BCUT2D eigenvalue weighted by atomic mass is 10.1. The van der Waals surface area contributed by atoms with Crippen LogP contribution in [0.4, 0.5) is 10.1 Å². The highest BCUT2D eigenvalue weighted by Gasteiger charge is 2.14. The van der Waals surface area contributed by atoms with Gasteiger partial charge in [0, 0.05) is 23.1 Å².